The number of hydrogen-bond donors (Lipinski definition) is 1. The van der Waals surface area contributed by atoms with Gasteiger partial charge in [0.1, 0.15) is 6.10 Å². The van der Waals surface area contributed by atoms with Crippen LogP contribution >= 0.6 is 0 Å². The summed E-state index contributed by atoms with van der Waals surface area (Å²) in [6.45, 7) is 6.20. The van der Waals surface area contributed by atoms with E-state index in [0.29, 0.717) is 19.2 Å². The minimum absolute atomic E-state index is 0.0749. The van der Waals surface area contributed by atoms with E-state index in [-0.39, 0.29) is 36.0 Å². The van der Waals surface area contributed by atoms with Crippen LogP contribution in [0.15, 0.2) is 0 Å². The second kappa shape index (κ2) is 9.34. The van der Waals surface area contributed by atoms with E-state index in [2.05, 4.69) is 22.0 Å². The van der Waals surface area contributed by atoms with Crippen molar-refractivity contribution in [1.82, 2.24) is 15.1 Å². The van der Waals surface area contributed by atoms with E-state index in [0.717, 1.165) is 44.6 Å². The Labute approximate surface area is 175 Å². The van der Waals surface area contributed by atoms with Gasteiger partial charge in [0.25, 0.3) is 5.91 Å². The number of rotatable bonds is 4. The highest BCUT2D eigenvalue weighted by molar-refractivity contribution is 5.82. The van der Waals surface area contributed by atoms with Gasteiger partial charge in [0.15, 0.2) is 0 Å². The molecule has 2 heterocycles. The monoisotopic (exact) mass is 405 g/mol. The molecule has 4 unspecified atom stereocenters. The zero-order valence-electron chi connectivity index (χ0n) is 18.3. The Balaban J connectivity index is 1.44. The largest absolute Gasteiger partial charge is 0.368 e. The third kappa shape index (κ3) is 4.63. The van der Waals surface area contributed by atoms with Crippen LogP contribution in [0.25, 0.3) is 0 Å². The topological polar surface area (TPSA) is 61.9 Å². The van der Waals surface area contributed by atoms with Crippen LogP contribution in [0, 0.1) is 5.92 Å². The van der Waals surface area contributed by atoms with Crippen LogP contribution in [0.5, 0.6) is 0 Å². The van der Waals surface area contributed by atoms with E-state index in [4.69, 9.17) is 4.74 Å². The molecule has 0 aromatic carbocycles. The summed E-state index contributed by atoms with van der Waals surface area (Å²) in [6.07, 6.45) is 11.4. The van der Waals surface area contributed by atoms with Gasteiger partial charge < -0.3 is 19.9 Å². The molecular formula is C23H39N3O3. The molecule has 2 saturated heterocycles. The molecule has 4 aliphatic rings. The average Bonchev–Trinajstić information content (AvgIpc) is 3.26. The third-order valence-corrected chi connectivity index (χ3v) is 7.75. The van der Waals surface area contributed by atoms with Crippen molar-refractivity contribution in [2.75, 3.05) is 19.7 Å². The number of nitrogens with zero attached hydrogens (tertiary/aromatic N) is 2. The van der Waals surface area contributed by atoms with Crippen molar-refractivity contribution < 1.29 is 14.3 Å². The molecule has 0 radical (unpaired) electrons. The summed E-state index contributed by atoms with van der Waals surface area (Å²) in [5.41, 5.74) is 0. The third-order valence-electron chi connectivity index (χ3n) is 7.75. The van der Waals surface area contributed by atoms with Gasteiger partial charge in [-0.15, -0.1) is 0 Å². The first-order valence-corrected chi connectivity index (χ1v) is 12.0. The van der Waals surface area contributed by atoms with E-state index < -0.39 is 0 Å². The van der Waals surface area contributed by atoms with Gasteiger partial charge in [0, 0.05) is 32.2 Å². The molecule has 6 heteroatoms. The fourth-order valence-corrected chi connectivity index (χ4v) is 6.29. The zero-order valence-corrected chi connectivity index (χ0v) is 18.3. The zero-order chi connectivity index (χ0) is 20.4. The smallest absolute Gasteiger partial charge is 0.252 e. The van der Waals surface area contributed by atoms with Gasteiger partial charge in [0.05, 0.1) is 12.1 Å². The first kappa shape index (κ1) is 21.1. The molecule has 0 aromatic rings. The lowest BCUT2D eigenvalue weighted by Crippen LogP contribution is -2.68. The summed E-state index contributed by atoms with van der Waals surface area (Å²) >= 11 is 0. The molecule has 4 fully saturated rings. The Morgan fingerprint density at radius 3 is 2.48 bits per heavy atom. The molecule has 4 rings (SSSR count). The van der Waals surface area contributed by atoms with Crippen LogP contribution in [-0.4, -0.2) is 71.6 Å². The van der Waals surface area contributed by atoms with E-state index in [1.165, 1.54) is 32.1 Å². The maximum atomic E-state index is 13.3. The standard InChI is InChI=1S/C23H39N3O3/c1-16-15-25(23(28)22-9-6-12-29-22)21-13-19(10-11-20(21)26(16)17(2)27)24-14-18-7-4-3-5-8-18/h16,18-22,24H,3-15H2,1-2H3/t16-,19?,20?,21?,22?/m0/s1. The molecule has 2 aliphatic carbocycles. The van der Waals surface area contributed by atoms with Crippen molar-refractivity contribution in [2.45, 2.75) is 108 Å². The minimum Gasteiger partial charge on any atom is -0.368 e. The van der Waals surface area contributed by atoms with E-state index >= 15 is 0 Å². The molecule has 2 saturated carbocycles. The minimum atomic E-state index is -0.276. The van der Waals surface area contributed by atoms with Crippen LogP contribution < -0.4 is 5.32 Å². The average molecular weight is 406 g/mol. The summed E-state index contributed by atoms with van der Waals surface area (Å²) < 4.78 is 5.72. The molecule has 0 spiro atoms. The van der Waals surface area contributed by atoms with Gasteiger partial charge in [-0.05, 0) is 64.3 Å². The number of piperazine rings is 1. The van der Waals surface area contributed by atoms with Crippen LogP contribution in [0.3, 0.4) is 0 Å². The van der Waals surface area contributed by atoms with Gasteiger partial charge in [-0.2, -0.15) is 0 Å². The van der Waals surface area contributed by atoms with Crippen molar-refractivity contribution >= 4 is 11.8 Å². The molecule has 0 aromatic heterocycles. The lowest BCUT2D eigenvalue weighted by atomic mass is 9.81. The highest BCUT2D eigenvalue weighted by Crippen LogP contribution is 2.35. The van der Waals surface area contributed by atoms with Crippen molar-refractivity contribution in [1.29, 1.82) is 0 Å². The van der Waals surface area contributed by atoms with Gasteiger partial charge in [-0.1, -0.05) is 19.3 Å². The second-order valence-electron chi connectivity index (χ2n) is 9.82. The van der Waals surface area contributed by atoms with Crippen LogP contribution in [0.2, 0.25) is 0 Å². The van der Waals surface area contributed by atoms with Crippen LogP contribution in [0.1, 0.15) is 78.1 Å². The molecule has 2 amide bonds. The predicted molar refractivity (Wildman–Crippen MR) is 112 cm³/mol. The quantitative estimate of drug-likeness (QED) is 0.781. The number of hydrogen-bond acceptors (Lipinski definition) is 4. The number of ether oxygens (including phenoxy) is 1. The number of amides is 2. The second-order valence-corrected chi connectivity index (χ2v) is 9.82. The number of nitrogens with one attached hydrogen (secondary N) is 1. The van der Waals surface area contributed by atoms with Gasteiger partial charge in [0.2, 0.25) is 5.91 Å². The molecule has 29 heavy (non-hydrogen) atoms. The predicted octanol–water partition coefficient (Wildman–Crippen LogP) is 2.70. The summed E-state index contributed by atoms with van der Waals surface area (Å²) in [5, 5.41) is 3.84. The Bertz CT molecular complexity index is 586. The number of carbonyl (C=O) groups excluding carboxylic acids is 2. The van der Waals surface area contributed by atoms with Crippen molar-refractivity contribution in [3.8, 4) is 0 Å². The molecule has 1 N–H and O–H groups in total. The Hall–Kier alpha value is -1.14. The molecule has 5 atom stereocenters. The van der Waals surface area contributed by atoms with Crippen LogP contribution in [-0.2, 0) is 14.3 Å². The maximum Gasteiger partial charge on any atom is 0.252 e. The first-order chi connectivity index (χ1) is 14.0. The summed E-state index contributed by atoms with van der Waals surface area (Å²) in [5.74, 6) is 1.11. The maximum absolute atomic E-state index is 13.3. The molecule has 0 bridgehead atoms. The summed E-state index contributed by atoms with van der Waals surface area (Å²) in [4.78, 5) is 29.8. The molecule has 2 aliphatic heterocycles. The lowest BCUT2D eigenvalue weighted by molar-refractivity contribution is -0.159. The number of fused-ring (bicyclic) bond motifs is 1. The Morgan fingerprint density at radius 1 is 1.00 bits per heavy atom. The normalized spacial score (nSPS) is 36.1. The van der Waals surface area contributed by atoms with Gasteiger partial charge in [-0.25, -0.2) is 0 Å². The van der Waals surface area contributed by atoms with Crippen LogP contribution in [0.4, 0.5) is 0 Å². The first-order valence-electron chi connectivity index (χ1n) is 12.0. The van der Waals surface area contributed by atoms with Gasteiger partial charge in [-0.3, -0.25) is 9.59 Å². The van der Waals surface area contributed by atoms with E-state index in [1.807, 2.05) is 0 Å². The summed E-state index contributed by atoms with van der Waals surface area (Å²) in [6, 6.07) is 0.782. The molecule has 164 valence electrons. The van der Waals surface area contributed by atoms with Crippen molar-refractivity contribution in [3.05, 3.63) is 0 Å². The molecule has 6 nitrogen and oxygen atoms in total. The summed E-state index contributed by atoms with van der Waals surface area (Å²) in [7, 11) is 0. The highest BCUT2D eigenvalue weighted by Gasteiger charge is 2.47. The fourth-order valence-electron chi connectivity index (χ4n) is 6.29. The van der Waals surface area contributed by atoms with Crippen molar-refractivity contribution in [2.24, 2.45) is 5.92 Å². The van der Waals surface area contributed by atoms with Gasteiger partial charge >= 0.3 is 0 Å². The Kier molecular flexibility index (Phi) is 6.80. The lowest BCUT2D eigenvalue weighted by Gasteiger charge is -2.54. The Morgan fingerprint density at radius 2 is 1.79 bits per heavy atom. The highest BCUT2D eigenvalue weighted by atomic mass is 16.5. The van der Waals surface area contributed by atoms with Crippen molar-refractivity contribution in [3.63, 3.8) is 0 Å². The van der Waals surface area contributed by atoms with E-state index in [9.17, 15) is 9.59 Å². The van der Waals surface area contributed by atoms with E-state index in [1.54, 1.807) is 6.92 Å². The molecular weight excluding hydrogens is 366 g/mol. The number of carbonyl (C=O) groups is 2. The SMILES string of the molecule is CC(=O)N1C2CCC(NCC3CCCCC3)CC2N(C(=O)C2CCCO2)C[C@@H]1C. The fraction of sp³-hybridized carbons (Fsp3) is 0.913.